The number of anilines is 1. The lowest BCUT2D eigenvalue weighted by molar-refractivity contribution is -0.0793. The molecule has 0 fully saturated rings. The Kier molecular flexibility index (Phi) is 9.02. The highest BCUT2D eigenvalue weighted by Gasteiger charge is 2.08. The fourth-order valence-electron chi connectivity index (χ4n) is 3.81. The van der Waals surface area contributed by atoms with E-state index in [0.29, 0.717) is 12.0 Å². The average Bonchev–Trinajstić information content (AvgIpc) is 2.83. The van der Waals surface area contributed by atoms with Gasteiger partial charge in [-0.2, -0.15) is 0 Å². The maximum atomic E-state index is 12.7. The first kappa shape index (κ1) is 23.7. The quantitative estimate of drug-likeness (QED) is 0.274. The summed E-state index contributed by atoms with van der Waals surface area (Å²) in [6.45, 7) is 2.09. The van der Waals surface area contributed by atoms with Gasteiger partial charge in [0.1, 0.15) is 0 Å². The minimum absolute atomic E-state index is 0.102. The second-order valence-electron chi connectivity index (χ2n) is 8.18. The van der Waals surface area contributed by atoms with E-state index in [1.807, 2.05) is 54.6 Å². The van der Waals surface area contributed by atoms with Crippen molar-refractivity contribution in [2.45, 2.75) is 51.7 Å². The van der Waals surface area contributed by atoms with Gasteiger partial charge in [-0.15, -0.1) is 0 Å². The predicted molar refractivity (Wildman–Crippen MR) is 131 cm³/mol. The smallest absolute Gasteiger partial charge is 0.255 e. The van der Waals surface area contributed by atoms with Crippen molar-refractivity contribution in [2.75, 3.05) is 12.4 Å². The molecule has 0 aliphatic carbocycles. The molecule has 0 aliphatic heterocycles. The van der Waals surface area contributed by atoms with E-state index in [0.717, 1.165) is 48.9 Å². The highest BCUT2D eigenvalue weighted by Crippen LogP contribution is 2.21. The largest absolute Gasteiger partial charge is 0.368 e. The number of nitrogens with one attached hydrogen (secondary N) is 1. The highest BCUT2D eigenvalue weighted by molar-refractivity contribution is 6.04. The van der Waals surface area contributed by atoms with Crippen LogP contribution >= 0.6 is 0 Å². The molecule has 0 saturated carbocycles. The van der Waals surface area contributed by atoms with Crippen molar-refractivity contribution < 1.29 is 14.6 Å². The Morgan fingerprint density at radius 2 is 1.59 bits per heavy atom. The molecule has 3 aromatic carbocycles. The van der Waals surface area contributed by atoms with Crippen LogP contribution in [0.25, 0.3) is 11.1 Å². The van der Waals surface area contributed by atoms with Gasteiger partial charge in [-0.1, -0.05) is 61.4 Å². The number of rotatable bonds is 11. The number of aliphatic hydroxyl groups excluding tert-OH is 1. The van der Waals surface area contributed by atoms with E-state index < -0.39 is 6.29 Å². The Balaban J connectivity index is 1.49. The molecule has 1 atom stereocenters. The van der Waals surface area contributed by atoms with Gasteiger partial charge in [-0.25, -0.2) is 0 Å². The van der Waals surface area contributed by atoms with Crippen LogP contribution in [-0.2, 0) is 11.2 Å². The molecule has 3 aromatic rings. The lowest BCUT2D eigenvalue weighted by Crippen LogP contribution is -2.12. The van der Waals surface area contributed by atoms with Crippen LogP contribution in [0.1, 0.15) is 53.6 Å². The Bertz CT molecular complexity index is 983. The van der Waals surface area contributed by atoms with Crippen molar-refractivity contribution in [1.29, 1.82) is 0 Å². The third kappa shape index (κ3) is 7.04. The monoisotopic (exact) mass is 431 g/mol. The van der Waals surface area contributed by atoms with Gasteiger partial charge in [0.2, 0.25) is 0 Å². The molecule has 0 aliphatic rings. The van der Waals surface area contributed by atoms with E-state index in [4.69, 9.17) is 4.74 Å². The first-order valence-electron chi connectivity index (χ1n) is 11.3. The van der Waals surface area contributed by atoms with E-state index >= 15 is 0 Å². The molecule has 0 aromatic heterocycles. The van der Waals surface area contributed by atoms with Crippen molar-refractivity contribution in [3.8, 4) is 11.1 Å². The van der Waals surface area contributed by atoms with Crippen LogP contribution in [0.3, 0.4) is 0 Å². The van der Waals surface area contributed by atoms with E-state index in [-0.39, 0.29) is 5.91 Å². The van der Waals surface area contributed by atoms with Crippen LogP contribution in [0.4, 0.5) is 5.69 Å². The molecular weight excluding hydrogens is 398 g/mol. The highest BCUT2D eigenvalue weighted by atomic mass is 16.6. The molecule has 0 bridgehead atoms. The Labute approximate surface area is 191 Å². The molecule has 2 N–H and O–H groups in total. The van der Waals surface area contributed by atoms with Crippen LogP contribution < -0.4 is 5.32 Å². The van der Waals surface area contributed by atoms with E-state index in [2.05, 4.69) is 30.4 Å². The number of unbranched alkanes of at least 4 members (excludes halogenated alkanes) is 3. The molecule has 0 heterocycles. The minimum atomic E-state index is -0.637. The standard InChI is InChI=1S/C28H33NO3/c1-21-20-26(19-18-22(21)10-6-3-4-9-13-27(30)32-2)29-28(31)25-16-14-24(15-17-25)23-11-7-5-8-12-23/h5,7-8,11-12,14-20,27,30H,3-4,6,9-10,13H2,1-2H3,(H,29,31). The summed E-state index contributed by atoms with van der Waals surface area (Å²) in [5, 5.41) is 12.4. The normalized spacial score (nSPS) is 11.8. The molecular formula is C28H33NO3. The van der Waals surface area contributed by atoms with Crippen molar-refractivity contribution in [3.63, 3.8) is 0 Å². The van der Waals surface area contributed by atoms with Crippen LogP contribution in [-0.4, -0.2) is 24.4 Å². The summed E-state index contributed by atoms with van der Waals surface area (Å²) in [6, 6.07) is 24.0. The van der Waals surface area contributed by atoms with Crippen LogP contribution in [0.5, 0.6) is 0 Å². The second kappa shape index (κ2) is 12.2. The number of aryl methyl sites for hydroxylation is 2. The zero-order chi connectivity index (χ0) is 22.8. The topological polar surface area (TPSA) is 58.6 Å². The number of ether oxygens (including phenoxy) is 1. The molecule has 4 nitrogen and oxygen atoms in total. The summed E-state index contributed by atoms with van der Waals surface area (Å²) < 4.78 is 4.86. The number of amides is 1. The Morgan fingerprint density at radius 3 is 2.28 bits per heavy atom. The number of hydrogen-bond acceptors (Lipinski definition) is 3. The van der Waals surface area contributed by atoms with Gasteiger partial charge in [0.25, 0.3) is 5.91 Å². The first-order valence-corrected chi connectivity index (χ1v) is 11.3. The second-order valence-corrected chi connectivity index (χ2v) is 8.18. The lowest BCUT2D eigenvalue weighted by Gasteiger charge is -2.11. The fraction of sp³-hybridized carbons (Fsp3) is 0.321. The summed E-state index contributed by atoms with van der Waals surface area (Å²) in [5.74, 6) is -0.102. The van der Waals surface area contributed by atoms with Crippen molar-refractivity contribution >= 4 is 11.6 Å². The molecule has 0 saturated heterocycles. The molecule has 168 valence electrons. The van der Waals surface area contributed by atoms with Gasteiger partial charge >= 0.3 is 0 Å². The van der Waals surface area contributed by atoms with Crippen molar-refractivity contribution in [2.24, 2.45) is 0 Å². The zero-order valence-corrected chi connectivity index (χ0v) is 19.0. The molecule has 32 heavy (non-hydrogen) atoms. The van der Waals surface area contributed by atoms with Gasteiger partial charge in [0.15, 0.2) is 6.29 Å². The Morgan fingerprint density at radius 1 is 0.906 bits per heavy atom. The molecule has 0 spiro atoms. The fourth-order valence-corrected chi connectivity index (χ4v) is 3.81. The lowest BCUT2D eigenvalue weighted by atomic mass is 10.0. The summed E-state index contributed by atoms with van der Waals surface area (Å²) in [6.07, 6.45) is 5.40. The molecule has 0 radical (unpaired) electrons. The van der Waals surface area contributed by atoms with E-state index in [9.17, 15) is 9.90 Å². The third-order valence-electron chi connectivity index (χ3n) is 5.77. The number of methoxy groups -OCH3 is 1. The number of benzene rings is 3. The first-order chi connectivity index (χ1) is 15.6. The minimum Gasteiger partial charge on any atom is -0.368 e. The molecule has 4 heteroatoms. The van der Waals surface area contributed by atoms with Gasteiger partial charge in [-0.3, -0.25) is 4.79 Å². The van der Waals surface area contributed by atoms with Crippen molar-refractivity contribution in [1.82, 2.24) is 0 Å². The number of hydrogen-bond donors (Lipinski definition) is 2. The van der Waals surface area contributed by atoms with Crippen LogP contribution in [0.15, 0.2) is 72.8 Å². The van der Waals surface area contributed by atoms with E-state index in [1.165, 1.54) is 18.2 Å². The number of carbonyl (C=O) groups excluding carboxylic acids is 1. The van der Waals surface area contributed by atoms with E-state index in [1.54, 1.807) is 0 Å². The average molecular weight is 432 g/mol. The number of aliphatic hydroxyl groups is 1. The Hall–Kier alpha value is -2.95. The maximum absolute atomic E-state index is 12.7. The van der Waals surface area contributed by atoms with Gasteiger partial charge in [0.05, 0.1) is 0 Å². The molecule has 1 unspecified atom stereocenters. The maximum Gasteiger partial charge on any atom is 0.255 e. The van der Waals surface area contributed by atoms with Crippen molar-refractivity contribution in [3.05, 3.63) is 89.5 Å². The van der Waals surface area contributed by atoms with Gasteiger partial charge in [0, 0.05) is 18.4 Å². The summed E-state index contributed by atoms with van der Waals surface area (Å²) >= 11 is 0. The zero-order valence-electron chi connectivity index (χ0n) is 19.0. The molecule has 1 amide bonds. The van der Waals surface area contributed by atoms with Crippen LogP contribution in [0, 0.1) is 6.92 Å². The summed E-state index contributed by atoms with van der Waals surface area (Å²) in [4.78, 5) is 12.7. The SMILES string of the molecule is COC(O)CCCCCCc1ccc(NC(=O)c2ccc(-c3ccccc3)cc2)cc1C. The predicted octanol–water partition coefficient (Wildman–Crippen LogP) is 6.37. The molecule has 3 rings (SSSR count). The van der Waals surface area contributed by atoms with Gasteiger partial charge < -0.3 is 15.2 Å². The van der Waals surface area contributed by atoms with Crippen LogP contribution in [0.2, 0.25) is 0 Å². The van der Waals surface area contributed by atoms with Gasteiger partial charge in [-0.05, 0) is 79.1 Å². The summed E-state index contributed by atoms with van der Waals surface area (Å²) in [5.41, 5.74) is 6.20. The summed E-state index contributed by atoms with van der Waals surface area (Å²) in [7, 11) is 1.53. The number of carbonyl (C=O) groups is 1. The third-order valence-corrected chi connectivity index (χ3v) is 5.77.